The van der Waals surface area contributed by atoms with E-state index in [0.717, 1.165) is 25.2 Å². The largest absolute Gasteiger partial charge is 0.335 e. The Bertz CT molecular complexity index is 453. The van der Waals surface area contributed by atoms with Gasteiger partial charge in [0, 0.05) is 18.8 Å². The molecule has 0 aliphatic carbocycles. The van der Waals surface area contributed by atoms with Gasteiger partial charge in [0.1, 0.15) is 5.69 Å². The second-order valence-corrected chi connectivity index (χ2v) is 5.93. The number of hydrogen-bond donors (Lipinski definition) is 1. The van der Waals surface area contributed by atoms with Crippen molar-refractivity contribution in [3.8, 4) is 0 Å². The van der Waals surface area contributed by atoms with E-state index in [1.807, 2.05) is 24.0 Å². The van der Waals surface area contributed by atoms with Crippen molar-refractivity contribution in [2.45, 2.75) is 39.7 Å². The molecule has 1 amide bonds. The summed E-state index contributed by atoms with van der Waals surface area (Å²) in [6.07, 6.45) is 4.10. The fourth-order valence-electron chi connectivity index (χ4n) is 2.73. The third-order valence-electron chi connectivity index (χ3n) is 3.95. The van der Waals surface area contributed by atoms with Crippen LogP contribution in [0.25, 0.3) is 0 Å². The number of aromatic nitrogens is 1. The Morgan fingerprint density at radius 1 is 1.55 bits per heavy atom. The molecule has 0 saturated carbocycles. The van der Waals surface area contributed by atoms with Crippen molar-refractivity contribution in [1.82, 2.24) is 15.2 Å². The Morgan fingerprint density at radius 2 is 2.35 bits per heavy atom. The van der Waals surface area contributed by atoms with Gasteiger partial charge in [0.2, 0.25) is 0 Å². The van der Waals surface area contributed by atoms with Gasteiger partial charge in [-0.05, 0) is 64.3 Å². The summed E-state index contributed by atoms with van der Waals surface area (Å²) in [5.74, 6) is 0.614. The van der Waals surface area contributed by atoms with E-state index in [-0.39, 0.29) is 11.9 Å². The molecule has 0 aromatic carbocycles. The highest BCUT2D eigenvalue weighted by atomic mass is 16.2. The van der Waals surface area contributed by atoms with Gasteiger partial charge in [0.15, 0.2) is 0 Å². The van der Waals surface area contributed by atoms with E-state index >= 15 is 0 Å². The second-order valence-electron chi connectivity index (χ2n) is 5.93. The third-order valence-corrected chi connectivity index (χ3v) is 3.95. The first-order valence-corrected chi connectivity index (χ1v) is 7.53. The molecule has 2 rings (SSSR count). The SMILES string of the molecule is Cc1cccnc1C(=O)N(CC1CCCNC1)C(C)C. The summed E-state index contributed by atoms with van der Waals surface area (Å²) in [5.41, 5.74) is 1.54. The molecule has 0 spiro atoms. The smallest absolute Gasteiger partial charge is 0.272 e. The first kappa shape index (κ1) is 15.0. The fraction of sp³-hybridized carbons (Fsp3) is 0.625. The van der Waals surface area contributed by atoms with Crippen LogP contribution in [0.5, 0.6) is 0 Å². The number of nitrogens with one attached hydrogen (secondary N) is 1. The van der Waals surface area contributed by atoms with Crippen LogP contribution >= 0.6 is 0 Å². The Kier molecular flexibility index (Phi) is 5.12. The molecule has 1 saturated heterocycles. The van der Waals surface area contributed by atoms with Crippen LogP contribution in [0.1, 0.15) is 42.7 Å². The zero-order chi connectivity index (χ0) is 14.5. The second kappa shape index (κ2) is 6.84. The molecule has 1 atom stereocenters. The standard InChI is InChI=1S/C16H25N3O/c1-12(2)19(11-14-7-5-8-17-10-14)16(20)15-13(3)6-4-9-18-15/h4,6,9,12,14,17H,5,7-8,10-11H2,1-3H3. The maximum absolute atomic E-state index is 12.7. The van der Waals surface area contributed by atoms with Crippen molar-refractivity contribution in [3.63, 3.8) is 0 Å². The molecule has 110 valence electrons. The number of carbonyl (C=O) groups is 1. The zero-order valence-electron chi connectivity index (χ0n) is 12.7. The number of piperidine rings is 1. The molecule has 20 heavy (non-hydrogen) atoms. The summed E-state index contributed by atoms with van der Waals surface area (Å²) in [7, 11) is 0. The number of rotatable bonds is 4. The van der Waals surface area contributed by atoms with Crippen LogP contribution in [-0.4, -0.2) is 41.5 Å². The third kappa shape index (κ3) is 3.57. The predicted molar refractivity (Wildman–Crippen MR) is 80.7 cm³/mol. The Labute approximate surface area is 121 Å². The number of hydrogen-bond acceptors (Lipinski definition) is 3. The van der Waals surface area contributed by atoms with E-state index < -0.39 is 0 Å². The van der Waals surface area contributed by atoms with Crippen LogP contribution in [0.3, 0.4) is 0 Å². The molecule has 1 aliphatic heterocycles. The van der Waals surface area contributed by atoms with Gasteiger partial charge in [-0.25, -0.2) is 0 Å². The molecular weight excluding hydrogens is 250 g/mol. The summed E-state index contributed by atoms with van der Waals surface area (Å²) in [4.78, 5) is 19.0. The molecule has 1 aromatic rings. The van der Waals surface area contributed by atoms with E-state index in [1.54, 1.807) is 6.20 Å². The van der Waals surface area contributed by atoms with E-state index in [4.69, 9.17) is 0 Å². The summed E-state index contributed by atoms with van der Waals surface area (Å²) in [5, 5.41) is 3.42. The zero-order valence-corrected chi connectivity index (χ0v) is 12.7. The van der Waals surface area contributed by atoms with E-state index in [1.165, 1.54) is 12.8 Å². The topological polar surface area (TPSA) is 45.2 Å². The average molecular weight is 275 g/mol. The van der Waals surface area contributed by atoms with Gasteiger partial charge in [-0.3, -0.25) is 9.78 Å². The van der Waals surface area contributed by atoms with Crippen LogP contribution in [0.4, 0.5) is 0 Å². The first-order valence-electron chi connectivity index (χ1n) is 7.53. The van der Waals surface area contributed by atoms with Crippen molar-refractivity contribution in [3.05, 3.63) is 29.6 Å². The summed E-state index contributed by atoms with van der Waals surface area (Å²) < 4.78 is 0. The molecule has 4 heteroatoms. The van der Waals surface area contributed by atoms with Crippen LogP contribution < -0.4 is 5.32 Å². The first-order chi connectivity index (χ1) is 9.59. The number of aryl methyl sites for hydroxylation is 1. The van der Waals surface area contributed by atoms with E-state index in [9.17, 15) is 4.79 Å². The van der Waals surface area contributed by atoms with Crippen molar-refractivity contribution in [2.75, 3.05) is 19.6 Å². The van der Waals surface area contributed by atoms with Gasteiger partial charge in [0.25, 0.3) is 5.91 Å². The van der Waals surface area contributed by atoms with Gasteiger partial charge < -0.3 is 10.2 Å². The monoisotopic (exact) mass is 275 g/mol. The number of carbonyl (C=O) groups excluding carboxylic acids is 1. The van der Waals surface area contributed by atoms with E-state index in [2.05, 4.69) is 24.1 Å². The highest BCUT2D eigenvalue weighted by Crippen LogP contribution is 2.16. The Morgan fingerprint density at radius 3 is 2.95 bits per heavy atom. The molecular formula is C16H25N3O. The Hall–Kier alpha value is -1.42. The summed E-state index contributed by atoms with van der Waals surface area (Å²) >= 11 is 0. The lowest BCUT2D eigenvalue weighted by atomic mass is 9.98. The van der Waals surface area contributed by atoms with Crippen molar-refractivity contribution in [2.24, 2.45) is 5.92 Å². The van der Waals surface area contributed by atoms with Gasteiger partial charge in [-0.15, -0.1) is 0 Å². The average Bonchev–Trinajstić information content (AvgIpc) is 2.45. The molecule has 2 heterocycles. The molecule has 4 nitrogen and oxygen atoms in total. The lowest BCUT2D eigenvalue weighted by molar-refractivity contribution is 0.0654. The van der Waals surface area contributed by atoms with Gasteiger partial charge >= 0.3 is 0 Å². The number of nitrogens with zero attached hydrogens (tertiary/aromatic N) is 2. The van der Waals surface area contributed by atoms with Crippen LogP contribution in [0.2, 0.25) is 0 Å². The minimum atomic E-state index is 0.0590. The van der Waals surface area contributed by atoms with Crippen molar-refractivity contribution >= 4 is 5.91 Å². The van der Waals surface area contributed by atoms with Crippen LogP contribution in [-0.2, 0) is 0 Å². The maximum atomic E-state index is 12.7. The lowest BCUT2D eigenvalue weighted by Gasteiger charge is -2.33. The highest BCUT2D eigenvalue weighted by molar-refractivity contribution is 5.93. The number of pyridine rings is 1. The van der Waals surface area contributed by atoms with Crippen LogP contribution in [0.15, 0.2) is 18.3 Å². The molecule has 1 unspecified atom stereocenters. The minimum Gasteiger partial charge on any atom is -0.335 e. The molecule has 0 radical (unpaired) electrons. The summed E-state index contributed by atoms with van der Waals surface area (Å²) in [6, 6.07) is 4.02. The minimum absolute atomic E-state index is 0.0590. The Balaban J connectivity index is 2.11. The van der Waals surface area contributed by atoms with Gasteiger partial charge in [-0.2, -0.15) is 0 Å². The predicted octanol–water partition coefficient (Wildman–Crippen LogP) is 2.24. The lowest BCUT2D eigenvalue weighted by Crippen LogP contribution is -2.44. The normalized spacial score (nSPS) is 19.1. The molecule has 1 aliphatic rings. The molecule has 1 N–H and O–H groups in total. The van der Waals surface area contributed by atoms with Gasteiger partial charge in [-0.1, -0.05) is 6.07 Å². The highest BCUT2D eigenvalue weighted by Gasteiger charge is 2.25. The molecule has 1 aromatic heterocycles. The number of amides is 1. The van der Waals surface area contributed by atoms with Crippen molar-refractivity contribution < 1.29 is 4.79 Å². The molecule has 1 fully saturated rings. The quantitative estimate of drug-likeness (QED) is 0.916. The summed E-state index contributed by atoms with van der Waals surface area (Å²) in [6.45, 7) is 9.03. The van der Waals surface area contributed by atoms with E-state index in [0.29, 0.717) is 11.6 Å². The molecule has 0 bridgehead atoms. The van der Waals surface area contributed by atoms with Crippen molar-refractivity contribution in [1.29, 1.82) is 0 Å². The fourth-order valence-corrected chi connectivity index (χ4v) is 2.73. The van der Waals surface area contributed by atoms with Gasteiger partial charge in [0.05, 0.1) is 0 Å². The van der Waals surface area contributed by atoms with Crippen LogP contribution in [0, 0.1) is 12.8 Å². The maximum Gasteiger partial charge on any atom is 0.272 e.